The molecule has 4 heteroatoms. The summed E-state index contributed by atoms with van der Waals surface area (Å²) in [5.41, 5.74) is 0.0746. The van der Waals surface area contributed by atoms with Gasteiger partial charge in [0.25, 0.3) is 0 Å². The maximum atomic E-state index is 12.0. The molecule has 1 amide bonds. The molecule has 1 fully saturated rings. The molecule has 0 aliphatic carbocycles. The number of carbonyl (C=O) groups is 1. The van der Waals surface area contributed by atoms with Crippen molar-refractivity contribution in [1.82, 2.24) is 9.80 Å². The van der Waals surface area contributed by atoms with Gasteiger partial charge in [0.05, 0.1) is 5.60 Å². The van der Waals surface area contributed by atoms with E-state index in [2.05, 4.69) is 25.7 Å². The van der Waals surface area contributed by atoms with Crippen LogP contribution >= 0.6 is 0 Å². The topological polar surface area (TPSA) is 32.8 Å². The normalized spacial score (nSPS) is 18.7. The van der Waals surface area contributed by atoms with Crippen molar-refractivity contribution in [1.29, 1.82) is 0 Å². The third-order valence-corrected chi connectivity index (χ3v) is 3.05. The largest absolute Gasteiger partial charge is 0.366 e. The fourth-order valence-electron chi connectivity index (χ4n) is 2.20. The van der Waals surface area contributed by atoms with Crippen LogP contribution in [-0.2, 0) is 9.53 Å². The number of hydrogen-bond acceptors (Lipinski definition) is 3. The molecule has 19 heavy (non-hydrogen) atoms. The quantitative estimate of drug-likeness (QED) is 0.786. The van der Waals surface area contributed by atoms with E-state index in [1.54, 1.807) is 0 Å². The Morgan fingerprint density at radius 1 is 1.00 bits per heavy atom. The summed E-state index contributed by atoms with van der Waals surface area (Å²) >= 11 is 0. The molecule has 112 valence electrons. The van der Waals surface area contributed by atoms with Crippen LogP contribution in [-0.4, -0.2) is 60.6 Å². The molecule has 1 saturated heterocycles. The van der Waals surface area contributed by atoms with Gasteiger partial charge in [-0.05, 0) is 26.2 Å². The number of rotatable bonds is 3. The highest BCUT2D eigenvalue weighted by molar-refractivity contribution is 5.77. The monoisotopic (exact) mass is 270 g/mol. The first-order chi connectivity index (χ1) is 8.57. The molecule has 1 rings (SSSR count). The summed E-state index contributed by atoms with van der Waals surface area (Å²) in [6.07, 6.45) is 0. The minimum absolute atomic E-state index is 0.116. The second kappa shape index (κ2) is 6.23. The van der Waals surface area contributed by atoms with Crippen LogP contribution in [0.15, 0.2) is 0 Å². The average molecular weight is 270 g/mol. The third-order valence-electron chi connectivity index (χ3n) is 3.05. The highest BCUT2D eigenvalue weighted by Gasteiger charge is 2.24. The van der Waals surface area contributed by atoms with Crippen LogP contribution in [0.5, 0.6) is 0 Å². The molecule has 0 saturated carbocycles. The van der Waals surface area contributed by atoms with Gasteiger partial charge < -0.3 is 9.64 Å². The van der Waals surface area contributed by atoms with Crippen molar-refractivity contribution < 1.29 is 9.53 Å². The van der Waals surface area contributed by atoms with E-state index >= 15 is 0 Å². The van der Waals surface area contributed by atoms with Crippen molar-refractivity contribution in [3.05, 3.63) is 0 Å². The molecule has 0 aromatic heterocycles. The maximum Gasteiger partial charge on any atom is 0.248 e. The molecule has 0 aromatic rings. The highest BCUT2D eigenvalue weighted by Crippen LogP contribution is 2.16. The number of hydrogen-bond donors (Lipinski definition) is 0. The molecule has 4 nitrogen and oxygen atoms in total. The van der Waals surface area contributed by atoms with Crippen molar-refractivity contribution in [3.63, 3.8) is 0 Å². The maximum absolute atomic E-state index is 12.0. The van der Waals surface area contributed by atoms with Gasteiger partial charge in [-0.15, -0.1) is 0 Å². The van der Waals surface area contributed by atoms with E-state index in [-0.39, 0.29) is 18.1 Å². The van der Waals surface area contributed by atoms with Gasteiger partial charge in [-0.3, -0.25) is 9.69 Å². The first kappa shape index (κ1) is 16.4. The molecular weight excluding hydrogens is 240 g/mol. The molecule has 0 unspecified atom stereocenters. The van der Waals surface area contributed by atoms with Crippen LogP contribution in [0.1, 0.15) is 41.5 Å². The van der Waals surface area contributed by atoms with E-state index in [1.807, 2.05) is 25.7 Å². The van der Waals surface area contributed by atoms with Crippen LogP contribution in [0.25, 0.3) is 0 Å². The molecule has 0 N–H and O–H groups in total. The zero-order valence-corrected chi connectivity index (χ0v) is 13.5. The number of piperazine rings is 1. The summed E-state index contributed by atoms with van der Waals surface area (Å²) in [5, 5.41) is 0. The summed E-state index contributed by atoms with van der Waals surface area (Å²) < 4.78 is 5.55. The number of carbonyl (C=O) groups excluding carboxylic acids is 1. The second-order valence-electron chi connectivity index (χ2n) is 7.62. The van der Waals surface area contributed by atoms with Gasteiger partial charge >= 0.3 is 0 Å². The van der Waals surface area contributed by atoms with E-state index < -0.39 is 0 Å². The van der Waals surface area contributed by atoms with Gasteiger partial charge in [-0.2, -0.15) is 0 Å². The first-order valence-electron chi connectivity index (χ1n) is 7.21. The molecule has 0 spiro atoms. The molecule has 0 radical (unpaired) electrons. The molecule has 0 aromatic carbocycles. The Labute approximate surface area is 118 Å². The molecule has 1 heterocycles. The first-order valence-corrected chi connectivity index (χ1v) is 7.21. The zero-order valence-electron chi connectivity index (χ0n) is 13.5. The predicted octanol–water partition coefficient (Wildman–Crippen LogP) is 1.99. The van der Waals surface area contributed by atoms with Crippen molar-refractivity contribution in [2.24, 2.45) is 5.41 Å². The number of amides is 1. The van der Waals surface area contributed by atoms with Crippen molar-refractivity contribution >= 4 is 5.91 Å². The van der Waals surface area contributed by atoms with Crippen LogP contribution in [0.3, 0.4) is 0 Å². The Balaban J connectivity index is 2.31. The van der Waals surface area contributed by atoms with Gasteiger partial charge in [0.15, 0.2) is 0 Å². The summed E-state index contributed by atoms with van der Waals surface area (Å²) in [7, 11) is 0. The SMILES string of the molecule is CC(C)(C)CN1CCN(C(=O)COC(C)(C)C)CC1. The van der Waals surface area contributed by atoms with Crippen molar-refractivity contribution in [2.45, 2.75) is 47.1 Å². The molecule has 1 aliphatic rings. The van der Waals surface area contributed by atoms with E-state index in [1.165, 1.54) is 0 Å². The smallest absolute Gasteiger partial charge is 0.248 e. The molecule has 0 bridgehead atoms. The fourth-order valence-corrected chi connectivity index (χ4v) is 2.20. The molecular formula is C15H30N2O2. The van der Waals surface area contributed by atoms with Crippen LogP contribution in [0, 0.1) is 5.41 Å². The van der Waals surface area contributed by atoms with Gasteiger partial charge in [0.1, 0.15) is 6.61 Å². The van der Waals surface area contributed by atoms with E-state index in [4.69, 9.17) is 4.74 Å². The van der Waals surface area contributed by atoms with E-state index in [0.717, 1.165) is 32.7 Å². The van der Waals surface area contributed by atoms with Gasteiger partial charge in [-0.25, -0.2) is 0 Å². The number of ether oxygens (including phenoxy) is 1. The minimum Gasteiger partial charge on any atom is -0.366 e. The highest BCUT2D eigenvalue weighted by atomic mass is 16.5. The molecule has 0 atom stereocenters. The van der Waals surface area contributed by atoms with Gasteiger partial charge in [0, 0.05) is 32.7 Å². The third kappa shape index (κ3) is 6.92. The predicted molar refractivity (Wildman–Crippen MR) is 78.2 cm³/mol. The summed E-state index contributed by atoms with van der Waals surface area (Å²) in [6, 6.07) is 0. The minimum atomic E-state index is -0.246. The Morgan fingerprint density at radius 2 is 1.53 bits per heavy atom. The Morgan fingerprint density at radius 3 is 1.95 bits per heavy atom. The Bertz CT molecular complexity index is 294. The lowest BCUT2D eigenvalue weighted by molar-refractivity contribution is -0.142. The van der Waals surface area contributed by atoms with Crippen LogP contribution in [0.2, 0.25) is 0 Å². The summed E-state index contributed by atoms with van der Waals surface area (Å²) in [5.74, 6) is 0.116. The van der Waals surface area contributed by atoms with Crippen molar-refractivity contribution in [2.75, 3.05) is 39.3 Å². The Kier molecular flexibility index (Phi) is 5.39. The lowest BCUT2D eigenvalue weighted by atomic mass is 9.96. The van der Waals surface area contributed by atoms with Crippen LogP contribution in [0.4, 0.5) is 0 Å². The van der Waals surface area contributed by atoms with E-state index in [0.29, 0.717) is 5.41 Å². The van der Waals surface area contributed by atoms with Gasteiger partial charge in [0.2, 0.25) is 5.91 Å². The standard InChI is InChI=1S/C15H30N2O2/c1-14(2,3)12-16-7-9-17(10-8-16)13(18)11-19-15(4,5)6/h7-12H2,1-6H3. The molecule has 1 aliphatic heterocycles. The summed E-state index contributed by atoms with van der Waals surface area (Å²) in [6.45, 7) is 17.5. The fraction of sp³-hybridized carbons (Fsp3) is 0.933. The average Bonchev–Trinajstić information content (AvgIpc) is 2.23. The van der Waals surface area contributed by atoms with E-state index in [9.17, 15) is 4.79 Å². The zero-order chi connectivity index (χ0) is 14.7. The van der Waals surface area contributed by atoms with Gasteiger partial charge in [-0.1, -0.05) is 20.8 Å². The number of nitrogens with zero attached hydrogens (tertiary/aromatic N) is 2. The van der Waals surface area contributed by atoms with Crippen molar-refractivity contribution in [3.8, 4) is 0 Å². The lowest BCUT2D eigenvalue weighted by Crippen LogP contribution is -2.51. The Hall–Kier alpha value is -0.610. The lowest BCUT2D eigenvalue weighted by Gasteiger charge is -2.38. The van der Waals surface area contributed by atoms with Crippen LogP contribution < -0.4 is 0 Å². The summed E-state index contributed by atoms with van der Waals surface area (Å²) in [4.78, 5) is 16.4. The second-order valence-corrected chi connectivity index (χ2v) is 7.62.